The molecule has 0 aliphatic carbocycles. The number of piperidine rings is 1. The van der Waals surface area contributed by atoms with Crippen molar-refractivity contribution in [2.24, 2.45) is 4.99 Å². The molecule has 39 heavy (non-hydrogen) atoms. The van der Waals surface area contributed by atoms with Crippen LogP contribution in [0.25, 0.3) is 5.69 Å². The molecule has 1 amide bonds. The predicted molar refractivity (Wildman–Crippen MR) is 151 cm³/mol. The monoisotopic (exact) mass is 524 g/mol. The Morgan fingerprint density at radius 2 is 1.92 bits per heavy atom. The fourth-order valence-corrected chi connectivity index (χ4v) is 4.92. The number of nitrogens with zero attached hydrogens (tertiary/aromatic N) is 4. The van der Waals surface area contributed by atoms with Crippen LogP contribution in [0.1, 0.15) is 47.6 Å². The molecule has 1 aromatic heterocycles. The van der Waals surface area contributed by atoms with E-state index in [9.17, 15) is 14.9 Å². The molecule has 200 valence electrons. The SMILES string of the molecule is Cc1ccc(NC(=O)CN2CCCCC2)cc1NC1=NCC(c2ccc(C#N)c(-n3cccc(C)c3=O)c2)O1. The first-order valence-electron chi connectivity index (χ1n) is 13.2. The van der Waals surface area contributed by atoms with Gasteiger partial charge in [0, 0.05) is 23.1 Å². The number of carbonyl (C=O) groups excluding carboxylic acids is 1. The van der Waals surface area contributed by atoms with Gasteiger partial charge in [0.25, 0.3) is 11.6 Å². The summed E-state index contributed by atoms with van der Waals surface area (Å²) >= 11 is 0. The van der Waals surface area contributed by atoms with Crippen LogP contribution in [0.15, 0.2) is 64.5 Å². The van der Waals surface area contributed by atoms with E-state index < -0.39 is 0 Å². The van der Waals surface area contributed by atoms with Gasteiger partial charge < -0.3 is 15.4 Å². The number of nitrogens with one attached hydrogen (secondary N) is 2. The van der Waals surface area contributed by atoms with Crippen LogP contribution in [0, 0.1) is 25.2 Å². The largest absolute Gasteiger partial charge is 0.455 e. The van der Waals surface area contributed by atoms with E-state index in [1.807, 2.05) is 37.3 Å². The van der Waals surface area contributed by atoms with E-state index in [0.29, 0.717) is 41.6 Å². The zero-order chi connectivity index (χ0) is 27.4. The number of amides is 1. The number of hydrogen-bond donors (Lipinski definition) is 2. The lowest BCUT2D eigenvalue weighted by atomic mass is 10.0. The fraction of sp³-hybridized carbons (Fsp3) is 0.333. The molecule has 1 saturated heterocycles. The first-order valence-corrected chi connectivity index (χ1v) is 13.2. The van der Waals surface area contributed by atoms with Gasteiger partial charge in [0.05, 0.1) is 24.3 Å². The summed E-state index contributed by atoms with van der Waals surface area (Å²) in [6, 6.07) is 17.1. The molecule has 0 bridgehead atoms. The summed E-state index contributed by atoms with van der Waals surface area (Å²) in [6.45, 7) is 6.44. The summed E-state index contributed by atoms with van der Waals surface area (Å²) in [4.78, 5) is 32.0. The third-order valence-electron chi connectivity index (χ3n) is 7.14. The highest BCUT2D eigenvalue weighted by Crippen LogP contribution is 2.28. The lowest BCUT2D eigenvalue weighted by Gasteiger charge is -2.25. The van der Waals surface area contributed by atoms with Gasteiger partial charge in [0.15, 0.2) is 0 Å². The molecule has 0 spiro atoms. The van der Waals surface area contributed by atoms with Crippen LogP contribution < -0.4 is 16.2 Å². The van der Waals surface area contributed by atoms with Crippen molar-refractivity contribution in [2.45, 2.75) is 39.2 Å². The first kappa shape index (κ1) is 26.2. The molecule has 9 heteroatoms. The minimum Gasteiger partial charge on any atom is -0.455 e. The normalized spacial score (nSPS) is 17.2. The Hall–Kier alpha value is -4.42. The predicted octanol–water partition coefficient (Wildman–Crippen LogP) is 4.29. The van der Waals surface area contributed by atoms with Crippen molar-refractivity contribution in [3.05, 3.63) is 87.3 Å². The second-order valence-electron chi connectivity index (χ2n) is 10.0. The van der Waals surface area contributed by atoms with Crippen LogP contribution in [0.5, 0.6) is 0 Å². The number of carbonyl (C=O) groups is 1. The lowest BCUT2D eigenvalue weighted by molar-refractivity contribution is -0.117. The lowest BCUT2D eigenvalue weighted by Crippen LogP contribution is -2.36. The van der Waals surface area contributed by atoms with Gasteiger partial charge in [-0.2, -0.15) is 5.26 Å². The fourth-order valence-electron chi connectivity index (χ4n) is 4.92. The zero-order valence-corrected chi connectivity index (χ0v) is 22.2. The van der Waals surface area contributed by atoms with E-state index in [0.717, 1.165) is 42.7 Å². The first-order chi connectivity index (χ1) is 18.9. The Morgan fingerprint density at radius 1 is 1.10 bits per heavy atom. The van der Waals surface area contributed by atoms with E-state index in [-0.39, 0.29) is 17.6 Å². The number of aryl methyl sites for hydroxylation is 2. The van der Waals surface area contributed by atoms with Gasteiger partial charge in [-0.25, -0.2) is 4.99 Å². The minimum absolute atomic E-state index is 0.0226. The summed E-state index contributed by atoms with van der Waals surface area (Å²) in [6.07, 6.45) is 4.81. The molecule has 5 rings (SSSR count). The smallest absolute Gasteiger partial charge is 0.290 e. The quantitative estimate of drug-likeness (QED) is 0.498. The second-order valence-corrected chi connectivity index (χ2v) is 10.0. The maximum Gasteiger partial charge on any atom is 0.290 e. The second kappa shape index (κ2) is 11.5. The summed E-state index contributed by atoms with van der Waals surface area (Å²) in [5.41, 5.74) is 4.63. The van der Waals surface area contributed by atoms with Crippen molar-refractivity contribution in [3.63, 3.8) is 0 Å². The van der Waals surface area contributed by atoms with Crippen LogP contribution in [0.2, 0.25) is 0 Å². The van der Waals surface area contributed by atoms with Crippen molar-refractivity contribution in [2.75, 3.05) is 36.8 Å². The molecule has 2 aromatic carbocycles. The number of nitriles is 1. The van der Waals surface area contributed by atoms with E-state index in [4.69, 9.17) is 4.74 Å². The molecule has 2 aliphatic heterocycles. The van der Waals surface area contributed by atoms with Gasteiger partial charge in [-0.3, -0.25) is 19.1 Å². The number of aromatic nitrogens is 1. The number of ether oxygens (including phenoxy) is 1. The van der Waals surface area contributed by atoms with Crippen molar-refractivity contribution in [1.82, 2.24) is 9.47 Å². The average molecular weight is 525 g/mol. The number of amidine groups is 1. The highest BCUT2D eigenvalue weighted by atomic mass is 16.5. The van der Waals surface area contributed by atoms with Gasteiger partial charge in [-0.05, 0) is 81.2 Å². The Bertz CT molecular complexity index is 1510. The maximum atomic E-state index is 12.7. The molecule has 1 fully saturated rings. The summed E-state index contributed by atoms with van der Waals surface area (Å²) in [7, 11) is 0. The number of pyridine rings is 1. The summed E-state index contributed by atoms with van der Waals surface area (Å²) in [5, 5.41) is 15.9. The topological polar surface area (TPSA) is 112 Å². The van der Waals surface area contributed by atoms with Crippen LogP contribution in [0.3, 0.4) is 0 Å². The molecule has 1 atom stereocenters. The van der Waals surface area contributed by atoms with E-state index in [2.05, 4.69) is 26.6 Å². The van der Waals surface area contributed by atoms with Crippen LogP contribution in [0.4, 0.5) is 11.4 Å². The summed E-state index contributed by atoms with van der Waals surface area (Å²) < 4.78 is 7.61. The van der Waals surface area contributed by atoms with Crippen LogP contribution in [-0.2, 0) is 9.53 Å². The molecule has 3 aromatic rings. The van der Waals surface area contributed by atoms with Crippen LogP contribution >= 0.6 is 0 Å². The summed E-state index contributed by atoms with van der Waals surface area (Å²) in [5.74, 6) is -0.0226. The number of likely N-dealkylation sites (tertiary alicyclic amines) is 1. The highest BCUT2D eigenvalue weighted by molar-refractivity contribution is 5.95. The Balaban J connectivity index is 1.27. The van der Waals surface area contributed by atoms with Gasteiger partial charge in [-0.1, -0.05) is 24.6 Å². The average Bonchev–Trinajstić information content (AvgIpc) is 3.41. The van der Waals surface area contributed by atoms with E-state index >= 15 is 0 Å². The number of anilines is 2. The molecular formula is C30H32N6O3. The molecule has 0 radical (unpaired) electrons. The number of rotatable bonds is 6. The molecule has 1 unspecified atom stereocenters. The van der Waals surface area contributed by atoms with Crippen molar-refractivity contribution < 1.29 is 9.53 Å². The highest BCUT2D eigenvalue weighted by Gasteiger charge is 2.24. The van der Waals surface area contributed by atoms with Crippen molar-refractivity contribution in [1.29, 1.82) is 5.26 Å². The minimum atomic E-state index is -0.368. The Labute approximate surface area is 227 Å². The zero-order valence-electron chi connectivity index (χ0n) is 22.2. The Morgan fingerprint density at radius 3 is 2.72 bits per heavy atom. The molecular weight excluding hydrogens is 492 g/mol. The third kappa shape index (κ3) is 6.02. The Kier molecular flexibility index (Phi) is 7.75. The molecule has 2 aliphatic rings. The van der Waals surface area contributed by atoms with Gasteiger partial charge in [0.1, 0.15) is 12.2 Å². The number of hydrogen-bond acceptors (Lipinski definition) is 7. The number of benzene rings is 2. The van der Waals surface area contributed by atoms with Gasteiger partial charge >= 0.3 is 0 Å². The van der Waals surface area contributed by atoms with Crippen molar-refractivity contribution >= 4 is 23.3 Å². The van der Waals surface area contributed by atoms with Gasteiger partial charge in [0.2, 0.25) is 5.91 Å². The van der Waals surface area contributed by atoms with Gasteiger partial charge in [-0.15, -0.1) is 0 Å². The number of aliphatic imine (C=N–C) groups is 1. The molecule has 0 saturated carbocycles. The molecule has 3 heterocycles. The van der Waals surface area contributed by atoms with E-state index in [1.165, 1.54) is 11.0 Å². The van der Waals surface area contributed by atoms with Crippen LogP contribution in [-0.4, -0.2) is 47.6 Å². The van der Waals surface area contributed by atoms with Crippen molar-refractivity contribution in [3.8, 4) is 11.8 Å². The maximum absolute atomic E-state index is 12.7. The molecule has 2 N–H and O–H groups in total. The third-order valence-corrected chi connectivity index (χ3v) is 7.14. The standard InChI is InChI=1S/C30H32N6O3/c1-20-8-11-24(33-28(37)19-35-12-4-3-5-13-35)16-25(20)34-30-32-18-27(39-30)22-9-10-23(17-31)26(15-22)36-14-6-7-21(2)29(36)38/h6-11,14-16,27H,3-5,12-13,18-19H2,1-2H3,(H,32,34)(H,33,37). The molecule has 9 nitrogen and oxygen atoms in total. The van der Waals surface area contributed by atoms with E-state index in [1.54, 1.807) is 31.3 Å².